The molecule has 17 heteroatoms. The molecule has 0 bridgehead atoms. The SMILES string of the molecule is COc1ccc(C23CCC(NC(=O)N4CCN(C)CC4)CC2N(Cc2ccccc2)CC3)cc1OC.O=C(O)C(F)(F)F.O=C(O)C(F)(F)F. The molecule has 3 aliphatic rings. The number of methoxy groups -OCH3 is 2. The van der Waals surface area contributed by atoms with Gasteiger partial charge in [0.25, 0.3) is 0 Å². The Morgan fingerprint density at radius 3 is 1.92 bits per heavy atom. The second-order valence-corrected chi connectivity index (χ2v) is 12.3. The second kappa shape index (κ2) is 17.1. The number of ether oxygens (including phenoxy) is 2. The van der Waals surface area contributed by atoms with Gasteiger partial charge >= 0.3 is 30.3 Å². The number of rotatable bonds is 6. The minimum Gasteiger partial charge on any atom is -0.493 e. The summed E-state index contributed by atoms with van der Waals surface area (Å²) in [6.07, 6.45) is -6.06. The van der Waals surface area contributed by atoms with E-state index in [1.165, 1.54) is 11.1 Å². The molecule has 3 fully saturated rings. The lowest BCUT2D eigenvalue weighted by atomic mass is 9.65. The Labute approximate surface area is 285 Å². The van der Waals surface area contributed by atoms with E-state index in [1.54, 1.807) is 14.2 Å². The van der Waals surface area contributed by atoms with Gasteiger partial charge in [0.2, 0.25) is 0 Å². The van der Waals surface area contributed by atoms with Crippen LogP contribution in [0.25, 0.3) is 0 Å². The van der Waals surface area contributed by atoms with Crippen molar-refractivity contribution in [3.05, 3.63) is 59.7 Å². The number of carboxylic acid groups (broad SMARTS) is 2. The van der Waals surface area contributed by atoms with Gasteiger partial charge in [-0.1, -0.05) is 36.4 Å². The number of halogens is 6. The molecule has 2 aromatic carbocycles. The van der Waals surface area contributed by atoms with E-state index in [9.17, 15) is 31.1 Å². The molecular formula is C33H42F6N4O7. The quantitative estimate of drug-likeness (QED) is 0.354. The van der Waals surface area contributed by atoms with Gasteiger partial charge in [-0.3, -0.25) is 4.90 Å². The number of fused-ring (bicyclic) bond motifs is 1. The van der Waals surface area contributed by atoms with Gasteiger partial charge in [0, 0.05) is 50.2 Å². The molecule has 278 valence electrons. The third-order valence-corrected chi connectivity index (χ3v) is 9.16. The summed E-state index contributed by atoms with van der Waals surface area (Å²) in [5.74, 6) is -3.96. The van der Waals surface area contributed by atoms with Crippen LogP contribution in [0.5, 0.6) is 11.5 Å². The number of alkyl halides is 6. The standard InChI is InChI=1S/C29H40N4O3.2C2HF3O2/c1-31-15-17-32(18-16-31)28(34)30-24-11-12-29(23-9-10-25(35-2)26(19-23)36-3)13-14-33(27(29)20-24)21-22-7-5-4-6-8-22;2*3-2(4,5)1(6)7/h4-10,19,24,27H,11-18,20-21H2,1-3H3,(H,30,34);2*(H,6,7). The van der Waals surface area contributed by atoms with Crippen molar-refractivity contribution < 1.29 is 60.4 Å². The summed E-state index contributed by atoms with van der Waals surface area (Å²) in [5.41, 5.74) is 2.71. The zero-order valence-electron chi connectivity index (χ0n) is 27.9. The third kappa shape index (κ3) is 10.6. The van der Waals surface area contributed by atoms with Crippen LogP contribution < -0.4 is 14.8 Å². The molecule has 3 N–H and O–H groups in total. The first kappa shape index (κ1) is 40.2. The van der Waals surface area contributed by atoms with Crippen molar-refractivity contribution in [1.82, 2.24) is 20.0 Å². The molecule has 2 aliphatic heterocycles. The van der Waals surface area contributed by atoms with Crippen molar-refractivity contribution >= 4 is 18.0 Å². The number of hydrogen-bond donors (Lipinski definition) is 3. The van der Waals surface area contributed by atoms with E-state index in [0.29, 0.717) is 6.04 Å². The van der Waals surface area contributed by atoms with E-state index in [0.717, 1.165) is 76.5 Å². The Kier molecular flexibility index (Phi) is 13.8. The van der Waals surface area contributed by atoms with E-state index in [4.69, 9.17) is 29.3 Å². The fraction of sp³-hybridized carbons (Fsp3) is 0.545. The number of carbonyl (C=O) groups is 3. The number of piperazine rings is 1. The lowest BCUT2D eigenvalue weighted by Crippen LogP contribution is -2.56. The summed E-state index contributed by atoms with van der Waals surface area (Å²) in [6.45, 7) is 5.46. The maximum atomic E-state index is 13.1. The van der Waals surface area contributed by atoms with Gasteiger partial charge in [0.1, 0.15) is 0 Å². The minimum atomic E-state index is -5.08. The summed E-state index contributed by atoms with van der Waals surface area (Å²) in [6, 6.07) is 17.8. The zero-order chi connectivity index (χ0) is 37.3. The summed E-state index contributed by atoms with van der Waals surface area (Å²) < 4.78 is 74.7. The number of likely N-dealkylation sites (tertiary alicyclic amines) is 1. The highest BCUT2D eigenvalue weighted by Crippen LogP contribution is 2.50. The topological polar surface area (TPSA) is 132 Å². The van der Waals surface area contributed by atoms with Crippen molar-refractivity contribution in [3.8, 4) is 11.5 Å². The molecule has 1 aliphatic carbocycles. The number of urea groups is 1. The monoisotopic (exact) mass is 720 g/mol. The van der Waals surface area contributed by atoms with Crippen LogP contribution in [0.2, 0.25) is 0 Å². The molecule has 0 aromatic heterocycles. The number of hydrogen-bond acceptors (Lipinski definition) is 7. The van der Waals surface area contributed by atoms with Gasteiger partial charge in [-0.05, 0) is 62.5 Å². The number of nitrogens with zero attached hydrogens (tertiary/aromatic N) is 3. The van der Waals surface area contributed by atoms with E-state index < -0.39 is 24.3 Å². The molecule has 11 nitrogen and oxygen atoms in total. The Hall–Kier alpha value is -4.25. The van der Waals surface area contributed by atoms with E-state index in [1.807, 2.05) is 11.0 Å². The molecule has 2 saturated heterocycles. The first-order chi connectivity index (χ1) is 23.4. The maximum Gasteiger partial charge on any atom is 0.490 e. The molecule has 0 radical (unpaired) electrons. The van der Waals surface area contributed by atoms with Crippen LogP contribution in [-0.4, -0.2) is 121 Å². The Balaban J connectivity index is 0.000000408. The van der Waals surface area contributed by atoms with Gasteiger partial charge in [-0.2, -0.15) is 26.3 Å². The Bertz CT molecular complexity index is 1410. The summed E-state index contributed by atoms with van der Waals surface area (Å²) in [5, 5.41) is 17.7. The number of carbonyl (C=O) groups excluding carboxylic acids is 1. The minimum absolute atomic E-state index is 0.0450. The fourth-order valence-corrected chi connectivity index (χ4v) is 6.54. The van der Waals surface area contributed by atoms with Crippen LogP contribution >= 0.6 is 0 Å². The molecule has 3 unspecified atom stereocenters. The summed E-state index contributed by atoms with van der Waals surface area (Å²) in [4.78, 5) is 37.8. The highest BCUT2D eigenvalue weighted by Gasteiger charge is 2.52. The number of carboxylic acids is 2. The molecular weight excluding hydrogens is 678 g/mol. The van der Waals surface area contributed by atoms with Crippen molar-refractivity contribution in [2.45, 2.75) is 62.1 Å². The lowest BCUT2D eigenvalue weighted by molar-refractivity contribution is -0.193. The normalized spacial score (nSPS) is 22.5. The molecule has 3 atom stereocenters. The Morgan fingerprint density at radius 2 is 1.40 bits per heavy atom. The van der Waals surface area contributed by atoms with Gasteiger partial charge in [0.05, 0.1) is 14.2 Å². The third-order valence-electron chi connectivity index (χ3n) is 9.16. The van der Waals surface area contributed by atoms with Crippen molar-refractivity contribution in [2.75, 3.05) is 54.0 Å². The largest absolute Gasteiger partial charge is 0.493 e. The zero-order valence-corrected chi connectivity index (χ0v) is 27.9. The average molecular weight is 721 g/mol. The second-order valence-electron chi connectivity index (χ2n) is 12.3. The van der Waals surface area contributed by atoms with Crippen molar-refractivity contribution in [2.24, 2.45) is 0 Å². The van der Waals surface area contributed by atoms with Crippen LogP contribution in [0.1, 0.15) is 36.8 Å². The maximum absolute atomic E-state index is 13.1. The van der Waals surface area contributed by atoms with Crippen LogP contribution in [-0.2, 0) is 21.5 Å². The van der Waals surface area contributed by atoms with Gasteiger partial charge in [0.15, 0.2) is 11.5 Å². The molecule has 0 spiro atoms. The predicted octanol–water partition coefficient (Wildman–Crippen LogP) is 4.99. The highest BCUT2D eigenvalue weighted by atomic mass is 19.4. The number of aliphatic carboxylic acids is 2. The number of nitrogens with one attached hydrogen (secondary N) is 1. The average Bonchev–Trinajstić information content (AvgIpc) is 3.43. The van der Waals surface area contributed by atoms with Gasteiger partial charge in [-0.25, -0.2) is 14.4 Å². The number of amides is 2. The Morgan fingerprint density at radius 1 is 0.840 bits per heavy atom. The van der Waals surface area contributed by atoms with E-state index in [2.05, 4.69) is 64.6 Å². The van der Waals surface area contributed by atoms with Gasteiger partial charge in [-0.15, -0.1) is 0 Å². The first-order valence-electron chi connectivity index (χ1n) is 15.8. The molecule has 2 amide bonds. The van der Waals surface area contributed by atoms with E-state index in [-0.39, 0.29) is 17.5 Å². The number of benzene rings is 2. The fourth-order valence-electron chi connectivity index (χ4n) is 6.54. The van der Waals surface area contributed by atoms with Crippen molar-refractivity contribution in [1.29, 1.82) is 0 Å². The van der Waals surface area contributed by atoms with Crippen LogP contribution in [0.4, 0.5) is 31.1 Å². The van der Waals surface area contributed by atoms with Crippen LogP contribution in [0.15, 0.2) is 48.5 Å². The highest BCUT2D eigenvalue weighted by molar-refractivity contribution is 5.75. The van der Waals surface area contributed by atoms with Gasteiger partial charge < -0.3 is 34.8 Å². The van der Waals surface area contributed by atoms with Crippen LogP contribution in [0, 0.1) is 0 Å². The molecule has 2 aromatic rings. The molecule has 1 saturated carbocycles. The van der Waals surface area contributed by atoms with Crippen molar-refractivity contribution in [3.63, 3.8) is 0 Å². The smallest absolute Gasteiger partial charge is 0.490 e. The van der Waals surface area contributed by atoms with Crippen LogP contribution in [0.3, 0.4) is 0 Å². The first-order valence-corrected chi connectivity index (χ1v) is 15.8. The summed E-state index contributed by atoms with van der Waals surface area (Å²) >= 11 is 0. The van der Waals surface area contributed by atoms with E-state index >= 15 is 0 Å². The molecule has 50 heavy (non-hydrogen) atoms. The molecule has 5 rings (SSSR count). The summed E-state index contributed by atoms with van der Waals surface area (Å²) in [7, 11) is 5.51. The molecule has 2 heterocycles. The number of likely N-dealkylation sites (N-methyl/N-ethyl adjacent to an activating group) is 1. The predicted molar refractivity (Wildman–Crippen MR) is 169 cm³/mol. The lowest BCUT2D eigenvalue weighted by Gasteiger charge is -2.46.